The van der Waals surface area contributed by atoms with E-state index in [1.807, 2.05) is 37.3 Å². The van der Waals surface area contributed by atoms with Gasteiger partial charge in [0.15, 0.2) is 6.04 Å². The Morgan fingerprint density at radius 1 is 1.40 bits per heavy atom. The van der Waals surface area contributed by atoms with Crippen molar-refractivity contribution >= 4 is 16.5 Å². The van der Waals surface area contributed by atoms with Crippen molar-refractivity contribution in [1.82, 2.24) is 0 Å². The van der Waals surface area contributed by atoms with E-state index in [1.54, 1.807) is 0 Å². The number of hydrogen-bond acceptors (Lipinski definition) is 4. The maximum Gasteiger partial charge on any atom is 0.459 e. The summed E-state index contributed by atoms with van der Waals surface area (Å²) >= 11 is 0. The Morgan fingerprint density at radius 3 is 2.64 bits per heavy atom. The number of nitrogens with zero attached hydrogens (tertiary/aromatic N) is 2. The minimum atomic E-state index is -2.43. The number of carboxylic acids is 1. The largest absolute Gasteiger partial charge is 0.632 e. The van der Waals surface area contributed by atoms with E-state index in [0.29, 0.717) is 19.3 Å². The standard InChI is InChI=1S/C17H24N2O5S/c1-2-3-9-16(17(20)21)19(22)11-10-18(25(23)24)15(13-19)12-14-7-5-4-6-8-14/h4-8,15-16H,2-3,9-13H2,1H3/p+1. The van der Waals surface area contributed by atoms with E-state index in [0.717, 1.165) is 12.0 Å². The molecule has 1 fully saturated rings. The van der Waals surface area contributed by atoms with Gasteiger partial charge in [0.1, 0.15) is 13.1 Å². The number of rotatable bonds is 7. The summed E-state index contributed by atoms with van der Waals surface area (Å²) in [5, 5.41) is 22.8. The van der Waals surface area contributed by atoms with Crippen LogP contribution in [0.1, 0.15) is 31.7 Å². The van der Waals surface area contributed by atoms with Gasteiger partial charge in [-0.3, -0.25) is 0 Å². The predicted molar refractivity (Wildman–Crippen MR) is 92.3 cm³/mol. The fourth-order valence-corrected chi connectivity index (χ4v) is 4.09. The van der Waals surface area contributed by atoms with Crippen molar-refractivity contribution in [3.8, 4) is 0 Å². The van der Waals surface area contributed by atoms with Crippen molar-refractivity contribution in [2.24, 2.45) is 0 Å². The van der Waals surface area contributed by atoms with Gasteiger partial charge in [0.2, 0.25) is 12.6 Å². The molecule has 0 aliphatic carbocycles. The van der Waals surface area contributed by atoms with Crippen LogP contribution in [0.2, 0.25) is 0 Å². The van der Waals surface area contributed by atoms with Gasteiger partial charge in [0.25, 0.3) is 0 Å². The Morgan fingerprint density at radius 2 is 2.08 bits per heavy atom. The van der Waals surface area contributed by atoms with Crippen LogP contribution in [0.4, 0.5) is 0 Å². The lowest BCUT2D eigenvalue weighted by molar-refractivity contribution is -0.933. The minimum absolute atomic E-state index is 0.0278. The van der Waals surface area contributed by atoms with Crippen molar-refractivity contribution in [3.05, 3.63) is 41.1 Å². The van der Waals surface area contributed by atoms with E-state index in [9.17, 15) is 23.5 Å². The van der Waals surface area contributed by atoms with Crippen molar-refractivity contribution in [2.75, 3.05) is 19.6 Å². The van der Waals surface area contributed by atoms with Crippen LogP contribution in [-0.2, 0) is 21.7 Å². The van der Waals surface area contributed by atoms with E-state index < -0.39 is 33.2 Å². The van der Waals surface area contributed by atoms with Gasteiger partial charge in [-0.15, -0.1) is 12.4 Å². The summed E-state index contributed by atoms with van der Waals surface area (Å²) in [6, 6.07) is 7.77. The number of hydroxylamine groups is 3. The number of carbonyl (C=O) groups is 1. The Hall–Kier alpha value is -1.77. The van der Waals surface area contributed by atoms with E-state index in [1.165, 1.54) is 3.95 Å². The molecule has 8 heteroatoms. The molecule has 1 aromatic rings. The van der Waals surface area contributed by atoms with Gasteiger partial charge in [0.05, 0.1) is 0 Å². The summed E-state index contributed by atoms with van der Waals surface area (Å²) in [7, 11) is -2.43. The lowest BCUT2D eigenvalue weighted by Crippen LogP contribution is -2.64. The third-order valence-corrected chi connectivity index (χ3v) is 5.68. The maximum atomic E-state index is 13.3. The van der Waals surface area contributed by atoms with Crippen LogP contribution in [0, 0.1) is 5.21 Å². The topological polar surface area (TPSA) is 97.5 Å². The van der Waals surface area contributed by atoms with Crippen LogP contribution < -0.4 is 0 Å². The quantitative estimate of drug-likeness (QED) is 0.448. The number of hydrogen-bond donors (Lipinski definition) is 1. The highest BCUT2D eigenvalue weighted by atomic mass is 32.2. The van der Waals surface area contributed by atoms with Gasteiger partial charge >= 0.3 is 16.5 Å². The number of aliphatic carboxylic acids is 1. The Bertz CT molecular complexity index is 727. The first-order valence-corrected chi connectivity index (χ1v) is 9.61. The second-order valence-corrected chi connectivity index (χ2v) is 7.46. The highest BCUT2D eigenvalue weighted by molar-refractivity contribution is 7.58. The van der Waals surface area contributed by atoms with Crippen LogP contribution in [0.25, 0.3) is 0 Å². The normalized spacial score (nSPS) is 24.7. The highest BCUT2D eigenvalue weighted by Crippen LogP contribution is 2.24. The van der Waals surface area contributed by atoms with Crippen LogP contribution in [-0.4, -0.2) is 59.8 Å². The second kappa shape index (κ2) is 8.55. The smallest absolute Gasteiger partial charge is 0.459 e. The molecule has 0 saturated carbocycles. The van der Waals surface area contributed by atoms with Gasteiger partial charge in [-0.25, -0.2) is 4.79 Å². The Kier molecular flexibility index (Phi) is 6.69. The molecule has 0 radical (unpaired) electrons. The zero-order valence-corrected chi connectivity index (χ0v) is 15.2. The molecule has 1 aliphatic rings. The van der Waals surface area contributed by atoms with E-state index >= 15 is 0 Å². The van der Waals surface area contributed by atoms with E-state index in [2.05, 4.69) is 0 Å². The van der Waals surface area contributed by atoms with Crippen molar-refractivity contribution in [1.29, 1.82) is 0 Å². The molecule has 2 rings (SSSR count). The van der Waals surface area contributed by atoms with Crippen molar-refractivity contribution < 1.29 is 26.9 Å². The van der Waals surface area contributed by atoms with Crippen LogP contribution in [0.15, 0.2) is 30.3 Å². The molecule has 1 aliphatic heterocycles. The van der Waals surface area contributed by atoms with Gasteiger partial charge in [-0.1, -0.05) is 43.7 Å². The fourth-order valence-electron chi connectivity index (χ4n) is 3.48. The lowest BCUT2D eigenvalue weighted by Gasteiger charge is -2.48. The molecular weight excluding hydrogens is 344 g/mol. The molecule has 0 aromatic heterocycles. The Balaban J connectivity index is 2.28. The molecule has 1 saturated heterocycles. The van der Waals surface area contributed by atoms with Crippen LogP contribution in [0.3, 0.4) is 0 Å². The summed E-state index contributed by atoms with van der Waals surface area (Å²) in [4.78, 5) is 11.6. The van der Waals surface area contributed by atoms with E-state index in [4.69, 9.17) is 0 Å². The van der Waals surface area contributed by atoms with Crippen LogP contribution in [0.5, 0.6) is 0 Å². The number of piperazine rings is 1. The predicted octanol–water partition coefficient (Wildman–Crippen LogP) is 1.64. The molecule has 0 bridgehead atoms. The maximum absolute atomic E-state index is 13.3. The van der Waals surface area contributed by atoms with Crippen molar-refractivity contribution in [3.63, 3.8) is 0 Å². The third kappa shape index (κ3) is 4.87. The summed E-state index contributed by atoms with van der Waals surface area (Å²) in [6.45, 7) is 1.93. The minimum Gasteiger partial charge on any atom is -0.632 e. The molecule has 138 valence electrons. The van der Waals surface area contributed by atoms with Gasteiger partial charge < -0.3 is 15.0 Å². The molecule has 1 aromatic carbocycles. The second-order valence-electron chi connectivity index (χ2n) is 6.56. The van der Waals surface area contributed by atoms with E-state index in [-0.39, 0.29) is 19.6 Å². The number of carboxylic acid groups (broad SMARTS) is 1. The first-order chi connectivity index (χ1) is 11.9. The van der Waals surface area contributed by atoms with Gasteiger partial charge in [-0.2, -0.15) is 0 Å². The summed E-state index contributed by atoms with van der Waals surface area (Å²) in [5.41, 5.74) is 0.928. The first-order valence-electron chi connectivity index (χ1n) is 8.58. The monoisotopic (exact) mass is 369 g/mol. The molecular formula is C17H25N2O5S+. The average molecular weight is 369 g/mol. The molecule has 0 spiro atoms. The molecule has 0 amide bonds. The van der Waals surface area contributed by atoms with Gasteiger partial charge in [0, 0.05) is 12.8 Å². The summed E-state index contributed by atoms with van der Waals surface area (Å²) in [5.74, 6) is -1.10. The molecule has 25 heavy (non-hydrogen) atoms. The van der Waals surface area contributed by atoms with Crippen molar-refractivity contribution in [2.45, 2.75) is 44.7 Å². The Labute approximate surface area is 149 Å². The SMILES string of the molecule is CCCCC(C(=O)O)[N+]1([O-])CC[N+](=S(=O)=O)C(Cc2ccccc2)C1. The first kappa shape index (κ1) is 19.6. The zero-order valence-electron chi connectivity index (χ0n) is 14.4. The summed E-state index contributed by atoms with van der Waals surface area (Å²) < 4.78 is 23.5. The molecule has 1 N–H and O–H groups in total. The molecule has 3 atom stereocenters. The fraction of sp³-hybridized carbons (Fsp3) is 0.588. The van der Waals surface area contributed by atoms with Gasteiger partial charge in [-0.05, 0) is 12.0 Å². The number of unbranched alkanes of at least 4 members (excludes halogenated alkanes) is 1. The van der Waals surface area contributed by atoms with Crippen LogP contribution >= 0.6 is 0 Å². The zero-order chi connectivity index (χ0) is 18.4. The molecule has 7 nitrogen and oxygen atoms in total. The summed E-state index contributed by atoms with van der Waals surface area (Å²) in [6.07, 6.45) is 2.19. The molecule has 3 unspecified atom stereocenters. The number of quaternary nitrogens is 1. The third-order valence-electron chi connectivity index (χ3n) is 4.82. The number of benzene rings is 1. The lowest BCUT2D eigenvalue weighted by atomic mass is 10.0. The highest BCUT2D eigenvalue weighted by Gasteiger charge is 2.45. The average Bonchev–Trinajstić information content (AvgIpc) is 2.55. The molecule has 1 heterocycles.